The molecule has 0 radical (unpaired) electrons. The number of carboxylic acid groups (broad SMARTS) is 1. The molecule has 2 aromatic carbocycles. The van der Waals surface area contributed by atoms with Crippen molar-refractivity contribution < 1.29 is 32.6 Å². The summed E-state index contributed by atoms with van der Waals surface area (Å²) in [6.45, 7) is 1.01. The van der Waals surface area contributed by atoms with E-state index >= 15 is 0 Å². The van der Waals surface area contributed by atoms with Gasteiger partial charge in [0, 0.05) is 32.7 Å². The van der Waals surface area contributed by atoms with E-state index in [1.165, 1.54) is 24.3 Å². The first-order chi connectivity index (χ1) is 22.6. The number of anilines is 1. The molecule has 1 saturated carbocycles. The number of rotatable bonds is 11. The van der Waals surface area contributed by atoms with Gasteiger partial charge in [-0.1, -0.05) is 36.8 Å². The van der Waals surface area contributed by atoms with Crippen LogP contribution >= 0.6 is 0 Å². The maximum atomic E-state index is 13.6. The highest BCUT2D eigenvalue weighted by atomic mass is 32.2. The van der Waals surface area contributed by atoms with Crippen LogP contribution in [0.25, 0.3) is 16.7 Å². The van der Waals surface area contributed by atoms with E-state index in [1.807, 2.05) is 30.3 Å². The van der Waals surface area contributed by atoms with E-state index in [0.717, 1.165) is 54.6 Å². The standard InChI is InChI=1S/C33H36N6O7S/c1-46-23-14-17-38(18-15-23)27-20-26(35-30-28(27)29(21-8-7-9-21)36-39(30)22-10-3-2-4-11-22)32(41)37-47(44,45)19-16-34-31(40)24-12-5-6-13-25(24)33(42)43/h2-6,10-13,20-21,23H,7-9,14-19H2,1H3,(H,34,40)(H,37,41)(H,42,43). The lowest BCUT2D eigenvalue weighted by Crippen LogP contribution is -2.38. The largest absolute Gasteiger partial charge is 0.478 e. The van der Waals surface area contributed by atoms with Crippen molar-refractivity contribution in [2.45, 2.75) is 44.1 Å². The van der Waals surface area contributed by atoms with Crippen LogP contribution < -0.4 is 14.9 Å². The van der Waals surface area contributed by atoms with E-state index in [9.17, 15) is 27.9 Å². The lowest BCUT2D eigenvalue weighted by atomic mass is 9.82. The second-order valence-electron chi connectivity index (χ2n) is 11.8. The Bertz CT molecular complexity index is 1920. The second-order valence-corrected chi connectivity index (χ2v) is 13.6. The first-order valence-corrected chi connectivity index (χ1v) is 17.2. The zero-order chi connectivity index (χ0) is 33.1. The fraction of sp³-hybridized carbons (Fsp3) is 0.364. The average molecular weight is 661 g/mol. The first-order valence-electron chi connectivity index (χ1n) is 15.6. The van der Waals surface area contributed by atoms with Crippen molar-refractivity contribution in [3.05, 3.63) is 83.2 Å². The molecule has 13 nitrogen and oxygen atoms in total. The number of carboxylic acids is 1. The van der Waals surface area contributed by atoms with Crippen LogP contribution in [0.1, 0.15) is 74.9 Å². The Morgan fingerprint density at radius 3 is 2.28 bits per heavy atom. The van der Waals surface area contributed by atoms with Crippen LogP contribution in [0.15, 0.2) is 60.7 Å². The third kappa shape index (κ3) is 6.83. The molecule has 3 heterocycles. The topological polar surface area (TPSA) is 173 Å². The van der Waals surface area contributed by atoms with Crippen molar-refractivity contribution in [2.75, 3.05) is 37.4 Å². The Balaban J connectivity index is 1.29. The number of sulfonamides is 1. The van der Waals surface area contributed by atoms with Crippen molar-refractivity contribution in [1.29, 1.82) is 0 Å². The number of nitrogens with one attached hydrogen (secondary N) is 2. The molecule has 14 heteroatoms. The first kappa shape index (κ1) is 32.1. The summed E-state index contributed by atoms with van der Waals surface area (Å²) in [7, 11) is -2.52. The van der Waals surface area contributed by atoms with Crippen LogP contribution in [0.3, 0.4) is 0 Å². The normalized spacial score (nSPS) is 15.7. The maximum Gasteiger partial charge on any atom is 0.336 e. The predicted octanol–water partition coefficient (Wildman–Crippen LogP) is 3.49. The van der Waals surface area contributed by atoms with Crippen LogP contribution in [0.2, 0.25) is 0 Å². The number of fused-ring (bicyclic) bond motifs is 1. The SMILES string of the molecule is COC1CCN(c2cc(C(=O)NS(=O)(=O)CCNC(=O)c3ccccc3C(=O)O)nc3c2c(C2CCC2)nn3-c2ccccc2)CC1. The van der Waals surface area contributed by atoms with Crippen LogP contribution in [-0.2, 0) is 14.8 Å². The number of nitrogens with zero attached hydrogens (tertiary/aromatic N) is 4. The molecule has 2 aliphatic rings. The van der Waals surface area contributed by atoms with Crippen LogP contribution in [0.4, 0.5) is 5.69 Å². The Labute approximate surface area is 272 Å². The molecular weight excluding hydrogens is 624 g/mol. The molecule has 3 N–H and O–H groups in total. The monoisotopic (exact) mass is 660 g/mol. The minimum absolute atomic E-state index is 0.0819. The van der Waals surface area contributed by atoms with E-state index in [-0.39, 0.29) is 35.4 Å². The molecule has 1 saturated heterocycles. The lowest BCUT2D eigenvalue weighted by molar-refractivity contribution is 0.0690. The van der Waals surface area contributed by atoms with Crippen LogP contribution in [-0.4, -0.2) is 84.7 Å². The smallest absolute Gasteiger partial charge is 0.336 e. The summed E-state index contributed by atoms with van der Waals surface area (Å²) in [6, 6.07) is 16.8. The number of hydrogen-bond donors (Lipinski definition) is 3. The maximum absolute atomic E-state index is 13.6. The molecule has 1 aliphatic carbocycles. The van der Waals surface area contributed by atoms with Gasteiger partial charge in [0.1, 0.15) is 5.69 Å². The number of amides is 2. The Hall–Kier alpha value is -4.82. The van der Waals surface area contributed by atoms with Crippen molar-refractivity contribution in [3.8, 4) is 5.69 Å². The van der Waals surface area contributed by atoms with Crippen molar-refractivity contribution in [3.63, 3.8) is 0 Å². The molecule has 0 spiro atoms. The molecule has 2 aromatic heterocycles. The number of carbonyl (C=O) groups excluding carboxylic acids is 2. The number of ether oxygens (including phenoxy) is 1. The fourth-order valence-corrected chi connectivity index (χ4v) is 6.90. The van der Waals surface area contributed by atoms with Gasteiger partial charge in [0.05, 0.1) is 45.4 Å². The quantitative estimate of drug-likeness (QED) is 0.216. The van der Waals surface area contributed by atoms with Gasteiger partial charge in [-0.15, -0.1) is 0 Å². The third-order valence-corrected chi connectivity index (χ3v) is 10.0. The molecule has 0 unspecified atom stereocenters. The molecule has 0 atom stereocenters. The van der Waals surface area contributed by atoms with Crippen molar-refractivity contribution >= 4 is 44.5 Å². The van der Waals surface area contributed by atoms with Gasteiger partial charge in [-0.2, -0.15) is 5.10 Å². The van der Waals surface area contributed by atoms with Crippen molar-refractivity contribution in [1.82, 2.24) is 24.8 Å². The molecule has 4 aromatic rings. The highest BCUT2D eigenvalue weighted by Gasteiger charge is 2.32. The van der Waals surface area contributed by atoms with Crippen LogP contribution in [0, 0.1) is 0 Å². The fourth-order valence-electron chi connectivity index (χ4n) is 6.04. The van der Waals surface area contributed by atoms with Gasteiger partial charge in [-0.3, -0.25) is 9.59 Å². The number of benzene rings is 2. The minimum Gasteiger partial charge on any atom is -0.478 e. The van der Waals surface area contributed by atoms with E-state index < -0.39 is 33.6 Å². The Morgan fingerprint density at radius 1 is 0.957 bits per heavy atom. The van der Waals surface area contributed by atoms with Gasteiger partial charge in [0.25, 0.3) is 11.8 Å². The number of piperidine rings is 1. The van der Waals surface area contributed by atoms with Gasteiger partial charge in [-0.05, 0) is 56.0 Å². The number of pyridine rings is 1. The highest BCUT2D eigenvalue weighted by molar-refractivity contribution is 7.90. The number of aromatic carboxylic acids is 1. The van der Waals surface area contributed by atoms with Gasteiger partial charge in [-0.25, -0.2) is 27.6 Å². The van der Waals surface area contributed by atoms with E-state index in [1.54, 1.807) is 17.9 Å². The molecule has 2 fully saturated rings. The minimum atomic E-state index is -4.22. The third-order valence-electron chi connectivity index (χ3n) is 8.79. The van der Waals surface area contributed by atoms with Crippen molar-refractivity contribution in [2.24, 2.45) is 0 Å². The number of para-hydroxylation sites is 1. The van der Waals surface area contributed by atoms with E-state index in [4.69, 9.17) is 14.8 Å². The Morgan fingerprint density at radius 2 is 1.64 bits per heavy atom. The number of methoxy groups -OCH3 is 1. The number of aromatic nitrogens is 3. The number of hydrogen-bond acceptors (Lipinski definition) is 9. The predicted molar refractivity (Wildman–Crippen MR) is 175 cm³/mol. The zero-order valence-corrected chi connectivity index (χ0v) is 26.7. The van der Waals surface area contributed by atoms with Gasteiger partial charge in [0.15, 0.2) is 5.65 Å². The molecule has 1 aliphatic heterocycles. The summed E-state index contributed by atoms with van der Waals surface area (Å²) in [4.78, 5) is 44.5. The molecule has 47 heavy (non-hydrogen) atoms. The van der Waals surface area contributed by atoms with Gasteiger partial charge < -0.3 is 20.1 Å². The van der Waals surface area contributed by atoms with Gasteiger partial charge >= 0.3 is 5.97 Å². The second kappa shape index (κ2) is 13.5. The molecular formula is C33H36N6O7S. The lowest BCUT2D eigenvalue weighted by Gasteiger charge is -2.34. The highest BCUT2D eigenvalue weighted by Crippen LogP contribution is 2.43. The zero-order valence-electron chi connectivity index (χ0n) is 25.9. The summed E-state index contributed by atoms with van der Waals surface area (Å²) in [6.07, 6.45) is 4.84. The molecule has 2 amide bonds. The summed E-state index contributed by atoms with van der Waals surface area (Å²) in [5, 5.41) is 17.6. The van der Waals surface area contributed by atoms with Crippen LogP contribution in [0.5, 0.6) is 0 Å². The summed E-state index contributed by atoms with van der Waals surface area (Å²) < 4.78 is 35.4. The summed E-state index contributed by atoms with van der Waals surface area (Å²) >= 11 is 0. The Kier molecular flexibility index (Phi) is 9.23. The number of carbonyl (C=O) groups is 3. The molecule has 0 bridgehead atoms. The average Bonchev–Trinajstić information content (AvgIpc) is 3.42. The molecule has 6 rings (SSSR count). The van der Waals surface area contributed by atoms with E-state index in [2.05, 4.69) is 14.9 Å². The van der Waals surface area contributed by atoms with E-state index in [0.29, 0.717) is 18.7 Å². The summed E-state index contributed by atoms with van der Waals surface area (Å²) in [5.41, 5.74) is 2.55. The van der Waals surface area contributed by atoms with Gasteiger partial charge in [0.2, 0.25) is 10.0 Å². The summed E-state index contributed by atoms with van der Waals surface area (Å²) in [5.74, 6) is -3.29. The molecule has 246 valence electrons.